The molecule has 2 nitrogen and oxygen atoms in total. The monoisotopic (exact) mass is 352 g/mol. The zero-order valence-corrected chi connectivity index (χ0v) is 12.9. The molecule has 0 amide bonds. The molecule has 0 aliphatic carbocycles. The SMILES string of the molecule is COc1cccc(C[As]c2cncc(Br)c2)c1. The van der Waals surface area contributed by atoms with E-state index in [2.05, 4.69) is 39.1 Å². The number of rotatable bonds is 4. The van der Waals surface area contributed by atoms with Gasteiger partial charge in [-0.25, -0.2) is 0 Å². The van der Waals surface area contributed by atoms with Gasteiger partial charge in [-0.1, -0.05) is 0 Å². The molecule has 0 saturated carbocycles. The second-order valence-electron chi connectivity index (χ2n) is 3.53. The van der Waals surface area contributed by atoms with Gasteiger partial charge in [-0.2, -0.15) is 0 Å². The van der Waals surface area contributed by atoms with Gasteiger partial charge in [0.2, 0.25) is 0 Å². The van der Waals surface area contributed by atoms with Gasteiger partial charge in [-0.15, -0.1) is 0 Å². The average molecular weight is 353 g/mol. The summed E-state index contributed by atoms with van der Waals surface area (Å²) in [5, 5.41) is 1.09. The van der Waals surface area contributed by atoms with Gasteiger partial charge in [0.1, 0.15) is 0 Å². The van der Waals surface area contributed by atoms with Crippen LogP contribution in [0, 0.1) is 0 Å². The summed E-state index contributed by atoms with van der Waals surface area (Å²) in [5.41, 5.74) is 1.32. The Morgan fingerprint density at radius 2 is 2.18 bits per heavy atom. The van der Waals surface area contributed by atoms with Crippen molar-refractivity contribution in [2.75, 3.05) is 7.11 Å². The molecule has 0 atom stereocenters. The molecule has 0 N–H and O–H groups in total. The van der Waals surface area contributed by atoms with Crippen molar-refractivity contribution in [3.05, 3.63) is 52.8 Å². The number of hydrogen-bond acceptors (Lipinski definition) is 2. The van der Waals surface area contributed by atoms with Crippen LogP contribution in [0.4, 0.5) is 0 Å². The quantitative estimate of drug-likeness (QED) is 0.788. The van der Waals surface area contributed by atoms with Gasteiger partial charge in [0, 0.05) is 0 Å². The molecule has 0 fully saturated rings. The van der Waals surface area contributed by atoms with Crippen LogP contribution in [-0.4, -0.2) is 27.8 Å². The van der Waals surface area contributed by atoms with Crippen molar-refractivity contribution in [2.45, 2.75) is 5.21 Å². The Hall–Kier alpha value is -0.792. The second-order valence-corrected chi connectivity index (χ2v) is 6.86. The minimum absolute atomic E-state index is 0.116. The Morgan fingerprint density at radius 1 is 1.29 bits per heavy atom. The Bertz CT molecular complexity index is 504. The average Bonchev–Trinajstić information content (AvgIpc) is 2.37. The first-order valence-electron chi connectivity index (χ1n) is 5.19. The molecule has 0 unspecified atom stereocenters. The van der Waals surface area contributed by atoms with Gasteiger partial charge in [0.15, 0.2) is 0 Å². The van der Waals surface area contributed by atoms with Crippen LogP contribution in [0.1, 0.15) is 5.56 Å². The van der Waals surface area contributed by atoms with E-state index in [9.17, 15) is 0 Å². The zero-order valence-electron chi connectivity index (χ0n) is 9.43. The van der Waals surface area contributed by atoms with E-state index in [1.54, 1.807) is 7.11 Å². The fraction of sp³-hybridized carbons (Fsp3) is 0.154. The molecule has 87 valence electrons. The number of methoxy groups -OCH3 is 1. The Kier molecular flexibility index (Phi) is 4.64. The molecule has 0 aliphatic heterocycles. The molecular weight excluding hydrogens is 341 g/mol. The summed E-state index contributed by atoms with van der Waals surface area (Å²) in [6.45, 7) is 0. The molecule has 0 saturated heterocycles. The fourth-order valence-corrected chi connectivity index (χ4v) is 4.16. The van der Waals surface area contributed by atoms with E-state index in [0.717, 1.165) is 15.4 Å². The van der Waals surface area contributed by atoms with Crippen molar-refractivity contribution in [1.29, 1.82) is 0 Å². The molecule has 1 aromatic heterocycles. The molecule has 1 aromatic carbocycles. The molecule has 0 spiro atoms. The summed E-state index contributed by atoms with van der Waals surface area (Å²) in [4.78, 5) is 4.18. The summed E-state index contributed by atoms with van der Waals surface area (Å²) in [6.07, 6.45) is 3.76. The van der Waals surface area contributed by atoms with Crippen LogP contribution >= 0.6 is 15.9 Å². The number of aromatic nitrogens is 1. The van der Waals surface area contributed by atoms with Crippen LogP contribution in [0.5, 0.6) is 5.75 Å². The van der Waals surface area contributed by atoms with E-state index in [0.29, 0.717) is 0 Å². The Balaban J connectivity index is 2.02. The summed E-state index contributed by atoms with van der Waals surface area (Å²) in [5.74, 6) is 0.927. The maximum atomic E-state index is 5.22. The number of halogens is 1. The van der Waals surface area contributed by atoms with Gasteiger partial charge in [0.25, 0.3) is 0 Å². The molecule has 0 bridgehead atoms. The summed E-state index contributed by atoms with van der Waals surface area (Å²) >= 11 is 3.56. The van der Waals surface area contributed by atoms with Crippen LogP contribution in [0.2, 0.25) is 0 Å². The first-order chi connectivity index (χ1) is 8.28. The molecule has 17 heavy (non-hydrogen) atoms. The molecule has 0 aliphatic rings. The summed E-state index contributed by atoms with van der Waals surface area (Å²) in [7, 11) is 1.70. The first kappa shape index (κ1) is 12.7. The van der Waals surface area contributed by atoms with E-state index in [1.165, 1.54) is 9.91 Å². The normalized spacial score (nSPS) is 10.9. The maximum absolute atomic E-state index is 5.22. The molecule has 2 rings (SSSR count). The third kappa shape index (κ3) is 3.86. The van der Waals surface area contributed by atoms with Gasteiger partial charge in [0.05, 0.1) is 0 Å². The van der Waals surface area contributed by atoms with E-state index in [4.69, 9.17) is 4.74 Å². The number of hydrogen-bond donors (Lipinski definition) is 0. The van der Waals surface area contributed by atoms with Gasteiger partial charge < -0.3 is 0 Å². The van der Waals surface area contributed by atoms with E-state index < -0.39 is 0 Å². The van der Waals surface area contributed by atoms with Gasteiger partial charge in [-0.05, 0) is 0 Å². The van der Waals surface area contributed by atoms with Crippen LogP contribution in [0.3, 0.4) is 0 Å². The first-order valence-corrected chi connectivity index (χ1v) is 8.25. The summed E-state index contributed by atoms with van der Waals surface area (Å²) < 4.78 is 7.60. The van der Waals surface area contributed by atoms with Crippen molar-refractivity contribution < 1.29 is 4.74 Å². The molecule has 4 heteroatoms. The number of pyridine rings is 1. The number of nitrogens with zero attached hydrogens (tertiary/aromatic N) is 1. The van der Waals surface area contributed by atoms with Crippen molar-refractivity contribution in [3.8, 4) is 5.75 Å². The summed E-state index contributed by atoms with van der Waals surface area (Å²) in [6, 6.07) is 10.4. The third-order valence-electron chi connectivity index (χ3n) is 2.27. The second kappa shape index (κ2) is 6.23. The van der Waals surface area contributed by atoms with E-state index >= 15 is 0 Å². The molecule has 1 radical (unpaired) electrons. The van der Waals surface area contributed by atoms with E-state index in [-0.39, 0.29) is 15.8 Å². The van der Waals surface area contributed by atoms with Crippen LogP contribution < -0.4 is 9.09 Å². The predicted octanol–water partition coefficient (Wildman–Crippen LogP) is 2.38. The van der Waals surface area contributed by atoms with Gasteiger partial charge in [-0.3, -0.25) is 0 Å². The van der Waals surface area contributed by atoms with Crippen molar-refractivity contribution >= 4 is 36.0 Å². The molecular formula is C13H12AsBrNO. The van der Waals surface area contributed by atoms with Crippen LogP contribution in [0.25, 0.3) is 0 Å². The van der Waals surface area contributed by atoms with Crippen molar-refractivity contribution in [2.24, 2.45) is 0 Å². The number of benzene rings is 1. The number of ether oxygens (including phenoxy) is 1. The fourth-order valence-electron chi connectivity index (χ4n) is 1.44. The molecule has 1 heterocycles. The van der Waals surface area contributed by atoms with Crippen molar-refractivity contribution in [1.82, 2.24) is 4.98 Å². The zero-order chi connectivity index (χ0) is 12.1. The third-order valence-corrected chi connectivity index (χ3v) is 5.08. The van der Waals surface area contributed by atoms with Crippen LogP contribution in [0.15, 0.2) is 47.2 Å². The standard InChI is InChI=1S/C13H12AsBrNO/c1-17-13-4-2-3-10(5-13)7-14-11-6-12(15)9-16-8-11/h2-6,8-9H,7H2,1H3. The topological polar surface area (TPSA) is 22.1 Å². The van der Waals surface area contributed by atoms with E-state index in [1.807, 2.05) is 24.5 Å². The Labute approximate surface area is 116 Å². The van der Waals surface area contributed by atoms with Crippen LogP contribution in [-0.2, 0) is 5.21 Å². The minimum atomic E-state index is 0.116. The predicted molar refractivity (Wildman–Crippen MR) is 74.0 cm³/mol. The Morgan fingerprint density at radius 3 is 2.94 bits per heavy atom. The van der Waals surface area contributed by atoms with Crippen molar-refractivity contribution in [3.63, 3.8) is 0 Å². The molecule has 2 aromatic rings. The van der Waals surface area contributed by atoms with Gasteiger partial charge >= 0.3 is 117 Å².